The number of rotatable bonds is 5. The van der Waals surface area contributed by atoms with Gasteiger partial charge in [0, 0.05) is 29.6 Å². The first-order valence-corrected chi connectivity index (χ1v) is 8.74. The minimum Gasteiger partial charge on any atom is -0.313 e. The van der Waals surface area contributed by atoms with E-state index in [9.17, 15) is 0 Å². The molecule has 0 bridgehead atoms. The van der Waals surface area contributed by atoms with Crippen LogP contribution in [0.15, 0.2) is 22.7 Å². The van der Waals surface area contributed by atoms with Crippen molar-refractivity contribution in [3.8, 4) is 0 Å². The fourth-order valence-corrected chi connectivity index (χ4v) is 3.76. The number of hydrogen-bond acceptors (Lipinski definition) is 2. The van der Waals surface area contributed by atoms with Crippen LogP contribution >= 0.6 is 15.9 Å². The molecule has 1 aromatic carbocycles. The molecule has 1 atom stereocenters. The number of nitrogens with zero attached hydrogens (tertiary/aromatic N) is 1. The van der Waals surface area contributed by atoms with Crippen LogP contribution in [0.25, 0.3) is 0 Å². The number of nitrogens with one attached hydrogen (secondary N) is 1. The van der Waals surface area contributed by atoms with E-state index < -0.39 is 0 Å². The molecule has 2 fully saturated rings. The highest BCUT2D eigenvalue weighted by atomic mass is 79.9. The fourth-order valence-electron chi connectivity index (χ4n) is 3.14. The van der Waals surface area contributed by atoms with Gasteiger partial charge < -0.3 is 5.32 Å². The fraction of sp³-hybridized carbons (Fsp3) is 0.647. The number of aryl methyl sites for hydroxylation is 1. The second-order valence-electron chi connectivity index (χ2n) is 6.40. The van der Waals surface area contributed by atoms with Gasteiger partial charge in [-0.15, -0.1) is 0 Å². The summed E-state index contributed by atoms with van der Waals surface area (Å²) in [6.45, 7) is 5.66. The molecular weight excluding hydrogens is 312 g/mol. The van der Waals surface area contributed by atoms with Crippen LogP contribution < -0.4 is 5.32 Å². The van der Waals surface area contributed by atoms with Crippen LogP contribution in [0.1, 0.15) is 43.2 Å². The molecule has 110 valence electrons. The maximum absolute atomic E-state index is 3.73. The van der Waals surface area contributed by atoms with Crippen LogP contribution in [-0.4, -0.2) is 30.1 Å². The summed E-state index contributed by atoms with van der Waals surface area (Å²) in [6.07, 6.45) is 6.86. The van der Waals surface area contributed by atoms with Crippen LogP contribution in [0.2, 0.25) is 0 Å². The highest BCUT2D eigenvalue weighted by Gasteiger charge is 2.31. The van der Waals surface area contributed by atoms with Gasteiger partial charge in [0.2, 0.25) is 0 Å². The Morgan fingerprint density at radius 1 is 1.25 bits per heavy atom. The van der Waals surface area contributed by atoms with Crippen LogP contribution in [0.3, 0.4) is 0 Å². The molecule has 0 spiro atoms. The Balaban J connectivity index is 1.64. The summed E-state index contributed by atoms with van der Waals surface area (Å²) in [4.78, 5) is 2.69. The zero-order valence-corrected chi connectivity index (χ0v) is 14.0. The lowest BCUT2D eigenvalue weighted by atomic mass is 10.0. The summed E-state index contributed by atoms with van der Waals surface area (Å²) in [5.41, 5.74) is 2.76. The molecule has 2 aliphatic rings. The third kappa shape index (κ3) is 3.84. The molecule has 1 unspecified atom stereocenters. The van der Waals surface area contributed by atoms with Gasteiger partial charge in [-0.2, -0.15) is 0 Å². The van der Waals surface area contributed by atoms with Gasteiger partial charge in [-0.1, -0.05) is 34.5 Å². The monoisotopic (exact) mass is 336 g/mol. The predicted octanol–water partition coefficient (Wildman–Crippen LogP) is 3.86. The zero-order chi connectivity index (χ0) is 13.9. The lowest BCUT2D eigenvalue weighted by Gasteiger charge is -2.31. The van der Waals surface area contributed by atoms with Crippen molar-refractivity contribution in [3.05, 3.63) is 33.8 Å². The molecule has 3 heteroatoms. The normalized spacial score (nSPS) is 23.2. The van der Waals surface area contributed by atoms with Crippen LogP contribution in [0.5, 0.6) is 0 Å². The van der Waals surface area contributed by atoms with Crippen molar-refractivity contribution in [3.63, 3.8) is 0 Å². The Labute approximate surface area is 131 Å². The Hall–Kier alpha value is -0.380. The molecule has 1 saturated carbocycles. The van der Waals surface area contributed by atoms with Gasteiger partial charge in [0.1, 0.15) is 0 Å². The van der Waals surface area contributed by atoms with Crippen LogP contribution in [-0.2, 0) is 6.54 Å². The number of halogens is 1. The van der Waals surface area contributed by atoms with E-state index in [2.05, 4.69) is 51.3 Å². The maximum atomic E-state index is 3.73. The molecule has 3 rings (SSSR count). The standard InChI is InChI=1S/C17H25BrN2/c1-13-5-6-14(17(18)10-13)11-20(16-7-8-16)12-15-4-2-3-9-19-15/h5-6,10,15-16,19H,2-4,7-9,11-12H2,1H3. The van der Waals surface area contributed by atoms with Gasteiger partial charge in [-0.05, 0) is 56.3 Å². The van der Waals surface area contributed by atoms with E-state index in [4.69, 9.17) is 0 Å². The van der Waals surface area contributed by atoms with Gasteiger partial charge in [0.25, 0.3) is 0 Å². The summed E-state index contributed by atoms with van der Waals surface area (Å²) in [5.74, 6) is 0. The molecule has 0 amide bonds. The first-order valence-electron chi connectivity index (χ1n) is 7.95. The topological polar surface area (TPSA) is 15.3 Å². The van der Waals surface area contributed by atoms with Gasteiger partial charge in [-0.3, -0.25) is 4.90 Å². The summed E-state index contributed by atoms with van der Waals surface area (Å²) >= 11 is 3.73. The lowest BCUT2D eigenvalue weighted by molar-refractivity contribution is 0.208. The third-order valence-electron chi connectivity index (χ3n) is 4.51. The molecule has 0 aromatic heterocycles. The minimum atomic E-state index is 0.702. The van der Waals surface area contributed by atoms with Gasteiger partial charge in [0.15, 0.2) is 0 Å². The average molecular weight is 337 g/mol. The Morgan fingerprint density at radius 2 is 2.10 bits per heavy atom. The van der Waals surface area contributed by atoms with E-state index in [0.29, 0.717) is 6.04 Å². The maximum Gasteiger partial charge on any atom is 0.0248 e. The van der Waals surface area contributed by atoms with Crippen molar-refractivity contribution in [1.29, 1.82) is 0 Å². The highest BCUT2D eigenvalue weighted by molar-refractivity contribution is 9.10. The predicted molar refractivity (Wildman–Crippen MR) is 88.0 cm³/mol. The molecular formula is C17H25BrN2. The summed E-state index contributed by atoms with van der Waals surface area (Å²) in [7, 11) is 0. The van der Waals surface area contributed by atoms with Crippen molar-refractivity contribution in [2.24, 2.45) is 0 Å². The van der Waals surface area contributed by atoms with Crippen molar-refractivity contribution in [2.75, 3.05) is 13.1 Å². The van der Waals surface area contributed by atoms with E-state index in [1.807, 2.05) is 0 Å². The van der Waals surface area contributed by atoms with Crippen molar-refractivity contribution in [2.45, 2.75) is 57.7 Å². The largest absolute Gasteiger partial charge is 0.313 e. The van der Waals surface area contributed by atoms with Gasteiger partial charge in [-0.25, -0.2) is 0 Å². The number of piperidine rings is 1. The Kier molecular flexibility index (Phi) is 4.79. The van der Waals surface area contributed by atoms with Crippen LogP contribution in [0, 0.1) is 6.92 Å². The van der Waals surface area contributed by atoms with Crippen molar-refractivity contribution < 1.29 is 0 Å². The van der Waals surface area contributed by atoms with Crippen molar-refractivity contribution in [1.82, 2.24) is 10.2 Å². The van der Waals surface area contributed by atoms with E-state index in [1.54, 1.807) is 0 Å². The molecule has 0 radical (unpaired) electrons. The Morgan fingerprint density at radius 3 is 2.75 bits per heavy atom. The van der Waals surface area contributed by atoms with E-state index in [1.165, 1.54) is 60.8 Å². The molecule has 2 nitrogen and oxygen atoms in total. The molecule has 1 aliphatic heterocycles. The number of benzene rings is 1. The Bertz CT molecular complexity index is 450. The molecule has 1 aliphatic carbocycles. The summed E-state index contributed by atoms with van der Waals surface area (Å²) in [5, 5.41) is 3.69. The van der Waals surface area contributed by atoms with E-state index in [0.717, 1.165) is 12.6 Å². The zero-order valence-electron chi connectivity index (χ0n) is 12.4. The summed E-state index contributed by atoms with van der Waals surface area (Å²) < 4.78 is 1.26. The minimum absolute atomic E-state index is 0.702. The molecule has 20 heavy (non-hydrogen) atoms. The first-order chi connectivity index (χ1) is 9.72. The first kappa shape index (κ1) is 14.6. The lowest BCUT2D eigenvalue weighted by Crippen LogP contribution is -2.44. The smallest absolute Gasteiger partial charge is 0.0248 e. The SMILES string of the molecule is Cc1ccc(CN(CC2CCCCN2)C2CC2)c(Br)c1. The molecule has 1 heterocycles. The average Bonchev–Trinajstić information content (AvgIpc) is 3.26. The summed E-state index contributed by atoms with van der Waals surface area (Å²) in [6, 6.07) is 8.27. The van der Waals surface area contributed by atoms with Crippen LogP contribution in [0.4, 0.5) is 0 Å². The quantitative estimate of drug-likeness (QED) is 0.878. The number of hydrogen-bond donors (Lipinski definition) is 1. The molecule has 1 N–H and O–H groups in total. The highest BCUT2D eigenvalue weighted by Crippen LogP contribution is 2.30. The third-order valence-corrected chi connectivity index (χ3v) is 5.25. The van der Waals surface area contributed by atoms with Gasteiger partial charge >= 0.3 is 0 Å². The van der Waals surface area contributed by atoms with Gasteiger partial charge in [0.05, 0.1) is 0 Å². The molecule has 1 saturated heterocycles. The van der Waals surface area contributed by atoms with Crippen molar-refractivity contribution >= 4 is 15.9 Å². The van der Waals surface area contributed by atoms with E-state index >= 15 is 0 Å². The van der Waals surface area contributed by atoms with E-state index in [-0.39, 0.29) is 0 Å². The second kappa shape index (κ2) is 6.59. The second-order valence-corrected chi connectivity index (χ2v) is 7.26. The molecule has 1 aromatic rings.